The number of amides is 1. The van der Waals surface area contributed by atoms with Crippen LogP contribution in [0.3, 0.4) is 0 Å². The smallest absolute Gasteiger partial charge is 0.260 e. The molecule has 0 aromatic heterocycles. The molecule has 0 bridgehead atoms. The van der Waals surface area contributed by atoms with Crippen molar-refractivity contribution in [2.24, 2.45) is 0 Å². The van der Waals surface area contributed by atoms with Crippen LogP contribution in [0, 0.1) is 12.7 Å². The molecule has 0 fully saturated rings. The van der Waals surface area contributed by atoms with Crippen molar-refractivity contribution in [2.75, 3.05) is 23.8 Å². The van der Waals surface area contributed by atoms with Gasteiger partial charge in [0.2, 0.25) is 0 Å². The molecular formula is C17H17FN2O. The molecule has 1 amide bonds. The number of carbonyl (C=O) groups is 1. The van der Waals surface area contributed by atoms with E-state index in [1.807, 2.05) is 25.1 Å². The Morgan fingerprint density at radius 1 is 1.24 bits per heavy atom. The average molecular weight is 284 g/mol. The van der Waals surface area contributed by atoms with E-state index in [0.29, 0.717) is 17.8 Å². The maximum absolute atomic E-state index is 13.5. The van der Waals surface area contributed by atoms with Gasteiger partial charge in [-0.2, -0.15) is 0 Å². The lowest BCUT2D eigenvalue weighted by Crippen LogP contribution is -2.29. The Morgan fingerprint density at radius 2 is 2.05 bits per heavy atom. The number of anilines is 2. The van der Waals surface area contributed by atoms with Gasteiger partial charge in [-0.25, -0.2) is 4.39 Å². The number of nitrogens with one attached hydrogen (secondary N) is 1. The number of aryl methyl sites for hydroxylation is 1. The second-order valence-corrected chi connectivity index (χ2v) is 5.28. The predicted octanol–water partition coefficient (Wildman–Crippen LogP) is 3.38. The van der Waals surface area contributed by atoms with Crippen molar-refractivity contribution in [1.29, 1.82) is 0 Å². The second kappa shape index (κ2) is 5.20. The predicted molar refractivity (Wildman–Crippen MR) is 82.5 cm³/mol. The molecule has 3 nitrogen and oxygen atoms in total. The summed E-state index contributed by atoms with van der Waals surface area (Å²) in [5.74, 6) is -0.404. The highest BCUT2D eigenvalue weighted by Crippen LogP contribution is 2.31. The maximum Gasteiger partial charge on any atom is 0.260 e. The van der Waals surface area contributed by atoms with Gasteiger partial charge in [-0.3, -0.25) is 4.79 Å². The van der Waals surface area contributed by atoms with E-state index < -0.39 is 0 Å². The molecule has 2 aromatic carbocycles. The van der Waals surface area contributed by atoms with E-state index in [1.165, 1.54) is 12.1 Å². The number of fused-ring (bicyclic) bond motifs is 1. The van der Waals surface area contributed by atoms with Crippen LogP contribution in [-0.2, 0) is 6.42 Å². The van der Waals surface area contributed by atoms with Crippen molar-refractivity contribution in [3.05, 3.63) is 58.9 Å². The summed E-state index contributed by atoms with van der Waals surface area (Å²) in [6.45, 7) is 2.54. The number of hydrogen-bond acceptors (Lipinski definition) is 2. The molecule has 0 radical (unpaired) electrons. The first-order valence-corrected chi connectivity index (χ1v) is 6.99. The molecular weight excluding hydrogens is 267 g/mol. The lowest BCUT2D eigenvalue weighted by atomic mass is 10.1. The van der Waals surface area contributed by atoms with E-state index in [-0.39, 0.29) is 11.7 Å². The first-order valence-electron chi connectivity index (χ1n) is 6.99. The molecule has 1 aliphatic heterocycles. The molecule has 1 aliphatic rings. The molecule has 3 rings (SSSR count). The molecule has 0 unspecified atom stereocenters. The van der Waals surface area contributed by atoms with E-state index in [9.17, 15) is 9.18 Å². The number of halogens is 1. The third kappa shape index (κ3) is 2.37. The zero-order valence-corrected chi connectivity index (χ0v) is 12.1. The van der Waals surface area contributed by atoms with Crippen molar-refractivity contribution in [2.45, 2.75) is 13.3 Å². The summed E-state index contributed by atoms with van der Waals surface area (Å²) in [4.78, 5) is 14.5. The Bertz CT molecular complexity index is 712. The van der Waals surface area contributed by atoms with Crippen molar-refractivity contribution in [3.8, 4) is 0 Å². The fourth-order valence-electron chi connectivity index (χ4n) is 2.76. The summed E-state index contributed by atoms with van der Waals surface area (Å²) in [6.07, 6.45) is 0.766. The Morgan fingerprint density at radius 3 is 2.81 bits per heavy atom. The summed E-state index contributed by atoms with van der Waals surface area (Å²) < 4.78 is 13.5. The van der Waals surface area contributed by atoms with Crippen LogP contribution in [0.4, 0.5) is 15.8 Å². The summed E-state index contributed by atoms with van der Waals surface area (Å²) in [5, 5.41) is 3.04. The van der Waals surface area contributed by atoms with Crippen molar-refractivity contribution in [3.63, 3.8) is 0 Å². The minimum atomic E-state index is -0.313. The minimum absolute atomic E-state index is 0.0904. The van der Waals surface area contributed by atoms with Gasteiger partial charge in [0.05, 0.1) is 11.3 Å². The van der Waals surface area contributed by atoms with Crippen LogP contribution >= 0.6 is 0 Å². The Hall–Kier alpha value is -2.36. The van der Waals surface area contributed by atoms with Crippen LogP contribution in [0.5, 0.6) is 0 Å². The van der Waals surface area contributed by atoms with Gasteiger partial charge in [-0.15, -0.1) is 0 Å². The molecule has 4 heteroatoms. The Kier molecular flexibility index (Phi) is 3.37. The maximum atomic E-state index is 13.5. The zero-order chi connectivity index (χ0) is 15.0. The zero-order valence-electron chi connectivity index (χ0n) is 12.1. The van der Waals surface area contributed by atoms with Gasteiger partial charge in [-0.05, 0) is 43.2 Å². The summed E-state index contributed by atoms with van der Waals surface area (Å²) in [6, 6.07) is 10.4. The fraction of sp³-hybridized carbons (Fsp3) is 0.235. The van der Waals surface area contributed by atoms with Gasteiger partial charge in [0.1, 0.15) is 5.82 Å². The molecule has 0 saturated heterocycles. The standard InChI is InChI=1S/C17H17FN2O/c1-11-3-6-15(19-2)14(9-11)17(21)20-8-7-12-4-5-13(18)10-16(12)20/h3-6,9-10,19H,7-8H2,1-2H3. The molecule has 108 valence electrons. The Balaban J connectivity index is 2.02. The molecule has 0 aliphatic carbocycles. The number of nitrogens with zero attached hydrogens (tertiary/aromatic N) is 1. The Labute approximate surface area is 123 Å². The van der Waals surface area contributed by atoms with Gasteiger partial charge in [0.15, 0.2) is 0 Å². The minimum Gasteiger partial charge on any atom is -0.387 e. The molecule has 0 atom stereocenters. The molecule has 1 N–H and O–H groups in total. The SMILES string of the molecule is CNc1ccc(C)cc1C(=O)N1CCc2ccc(F)cc21. The third-order valence-electron chi connectivity index (χ3n) is 3.86. The van der Waals surface area contributed by atoms with Gasteiger partial charge in [0.25, 0.3) is 5.91 Å². The molecule has 1 heterocycles. The van der Waals surface area contributed by atoms with Crippen LogP contribution in [0.2, 0.25) is 0 Å². The van der Waals surface area contributed by atoms with Gasteiger partial charge in [0, 0.05) is 19.3 Å². The summed E-state index contributed by atoms with van der Waals surface area (Å²) in [5.41, 5.74) is 4.13. The number of hydrogen-bond donors (Lipinski definition) is 1. The lowest BCUT2D eigenvalue weighted by Gasteiger charge is -2.19. The van der Waals surface area contributed by atoms with Crippen LogP contribution < -0.4 is 10.2 Å². The molecule has 21 heavy (non-hydrogen) atoms. The van der Waals surface area contributed by atoms with Crippen molar-refractivity contribution >= 4 is 17.3 Å². The van der Waals surface area contributed by atoms with Crippen molar-refractivity contribution < 1.29 is 9.18 Å². The molecule has 0 saturated carbocycles. The van der Waals surface area contributed by atoms with E-state index in [2.05, 4.69) is 5.32 Å². The highest BCUT2D eigenvalue weighted by Gasteiger charge is 2.27. The highest BCUT2D eigenvalue weighted by atomic mass is 19.1. The molecule has 0 spiro atoms. The van der Waals surface area contributed by atoms with E-state index in [4.69, 9.17) is 0 Å². The van der Waals surface area contributed by atoms with Crippen LogP contribution in [0.25, 0.3) is 0 Å². The van der Waals surface area contributed by atoms with Gasteiger partial charge in [-0.1, -0.05) is 17.7 Å². The fourth-order valence-corrected chi connectivity index (χ4v) is 2.76. The summed E-state index contributed by atoms with van der Waals surface area (Å²) >= 11 is 0. The molecule has 2 aromatic rings. The largest absolute Gasteiger partial charge is 0.387 e. The number of benzene rings is 2. The van der Waals surface area contributed by atoms with Gasteiger partial charge >= 0.3 is 0 Å². The van der Waals surface area contributed by atoms with Gasteiger partial charge < -0.3 is 10.2 Å². The topological polar surface area (TPSA) is 32.3 Å². The van der Waals surface area contributed by atoms with Crippen LogP contribution in [-0.4, -0.2) is 19.5 Å². The second-order valence-electron chi connectivity index (χ2n) is 5.28. The monoisotopic (exact) mass is 284 g/mol. The summed E-state index contributed by atoms with van der Waals surface area (Å²) in [7, 11) is 1.79. The normalized spacial score (nSPS) is 13.2. The first kappa shape index (κ1) is 13.6. The van der Waals surface area contributed by atoms with E-state index in [0.717, 1.165) is 23.2 Å². The van der Waals surface area contributed by atoms with Crippen LogP contribution in [0.1, 0.15) is 21.5 Å². The quantitative estimate of drug-likeness (QED) is 0.917. The average Bonchev–Trinajstić information content (AvgIpc) is 2.89. The highest BCUT2D eigenvalue weighted by molar-refractivity contribution is 6.10. The first-order chi connectivity index (χ1) is 10.1. The lowest BCUT2D eigenvalue weighted by molar-refractivity contribution is 0.0990. The number of carbonyl (C=O) groups excluding carboxylic acids is 1. The van der Waals surface area contributed by atoms with Crippen LogP contribution in [0.15, 0.2) is 36.4 Å². The van der Waals surface area contributed by atoms with E-state index in [1.54, 1.807) is 18.0 Å². The van der Waals surface area contributed by atoms with E-state index >= 15 is 0 Å². The van der Waals surface area contributed by atoms with Crippen molar-refractivity contribution in [1.82, 2.24) is 0 Å². The third-order valence-corrected chi connectivity index (χ3v) is 3.86. The number of rotatable bonds is 2.